The van der Waals surface area contributed by atoms with Crippen LogP contribution in [0.5, 0.6) is 11.5 Å². The van der Waals surface area contributed by atoms with Gasteiger partial charge in [-0.2, -0.15) is 0 Å². The first kappa shape index (κ1) is 15.9. The molecular weight excluding hydrogens is 266 g/mol. The van der Waals surface area contributed by atoms with E-state index in [1.54, 1.807) is 7.11 Å². The Labute approximate surface area is 126 Å². The van der Waals surface area contributed by atoms with E-state index in [-0.39, 0.29) is 0 Å². The summed E-state index contributed by atoms with van der Waals surface area (Å²) >= 11 is 0. The smallest absolute Gasteiger partial charge is 0.161 e. The molecular formula is C17H25NO3. The highest BCUT2D eigenvalue weighted by Crippen LogP contribution is 2.31. The Morgan fingerprint density at radius 1 is 1.38 bits per heavy atom. The molecule has 0 heterocycles. The van der Waals surface area contributed by atoms with E-state index in [4.69, 9.17) is 9.47 Å². The molecule has 0 unspecified atom stereocenters. The van der Waals surface area contributed by atoms with Crippen molar-refractivity contribution in [3.8, 4) is 11.5 Å². The summed E-state index contributed by atoms with van der Waals surface area (Å²) in [6.07, 6.45) is 2.92. The minimum atomic E-state index is -0.494. The fraction of sp³-hybridized carbons (Fsp3) is 0.529. The summed E-state index contributed by atoms with van der Waals surface area (Å²) in [5.74, 6) is 1.44. The van der Waals surface area contributed by atoms with Gasteiger partial charge in [-0.1, -0.05) is 12.6 Å². The predicted molar refractivity (Wildman–Crippen MR) is 83.8 cm³/mol. The Kier molecular flexibility index (Phi) is 5.26. The summed E-state index contributed by atoms with van der Waals surface area (Å²) < 4.78 is 11.0. The first-order chi connectivity index (χ1) is 10.0. The van der Waals surface area contributed by atoms with E-state index in [9.17, 15) is 5.11 Å². The number of hydrogen-bond acceptors (Lipinski definition) is 4. The molecule has 0 atom stereocenters. The SMILES string of the molecule is C=C(C)COc1cc(CNCC2(O)CCC2)ccc1OC. The van der Waals surface area contributed by atoms with Gasteiger partial charge in [0.1, 0.15) is 6.61 Å². The van der Waals surface area contributed by atoms with Gasteiger partial charge in [0.2, 0.25) is 0 Å². The zero-order valence-electron chi connectivity index (χ0n) is 12.9. The molecule has 4 heteroatoms. The van der Waals surface area contributed by atoms with Crippen molar-refractivity contribution in [2.75, 3.05) is 20.3 Å². The average molecular weight is 291 g/mol. The highest BCUT2D eigenvalue weighted by Gasteiger charge is 2.33. The van der Waals surface area contributed by atoms with E-state index < -0.39 is 5.60 Å². The van der Waals surface area contributed by atoms with E-state index in [1.165, 1.54) is 0 Å². The van der Waals surface area contributed by atoms with Crippen molar-refractivity contribution < 1.29 is 14.6 Å². The Morgan fingerprint density at radius 3 is 2.71 bits per heavy atom. The first-order valence-corrected chi connectivity index (χ1v) is 7.40. The van der Waals surface area contributed by atoms with E-state index in [1.807, 2.05) is 25.1 Å². The Bertz CT molecular complexity index is 495. The Hall–Kier alpha value is -1.52. The molecule has 21 heavy (non-hydrogen) atoms. The monoisotopic (exact) mass is 291 g/mol. The molecule has 4 nitrogen and oxygen atoms in total. The largest absolute Gasteiger partial charge is 0.493 e. The van der Waals surface area contributed by atoms with Gasteiger partial charge in [-0.15, -0.1) is 0 Å². The lowest BCUT2D eigenvalue weighted by atomic mass is 9.80. The third kappa shape index (κ3) is 4.48. The van der Waals surface area contributed by atoms with E-state index in [2.05, 4.69) is 11.9 Å². The zero-order valence-corrected chi connectivity index (χ0v) is 12.9. The number of nitrogens with one attached hydrogen (secondary N) is 1. The Balaban J connectivity index is 1.92. The first-order valence-electron chi connectivity index (χ1n) is 7.40. The van der Waals surface area contributed by atoms with Gasteiger partial charge in [0.25, 0.3) is 0 Å². The molecule has 2 rings (SSSR count). The van der Waals surface area contributed by atoms with Crippen LogP contribution in [0.2, 0.25) is 0 Å². The van der Waals surface area contributed by atoms with Gasteiger partial charge in [-0.25, -0.2) is 0 Å². The van der Waals surface area contributed by atoms with E-state index in [0.29, 0.717) is 19.7 Å². The highest BCUT2D eigenvalue weighted by atomic mass is 16.5. The second-order valence-electron chi connectivity index (χ2n) is 5.91. The van der Waals surface area contributed by atoms with Crippen LogP contribution in [0.25, 0.3) is 0 Å². The molecule has 0 saturated heterocycles. The van der Waals surface area contributed by atoms with Gasteiger partial charge in [0.05, 0.1) is 12.7 Å². The number of aliphatic hydroxyl groups is 1. The molecule has 0 aliphatic heterocycles. The van der Waals surface area contributed by atoms with Crippen molar-refractivity contribution in [1.82, 2.24) is 5.32 Å². The third-order valence-corrected chi connectivity index (χ3v) is 3.77. The normalized spacial score (nSPS) is 16.1. The lowest BCUT2D eigenvalue weighted by Crippen LogP contribution is -2.45. The number of ether oxygens (including phenoxy) is 2. The summed E-state index contributed by atoms with van der Waals surface area (Å²) in [4.78, 5) is 0. The zero-order chi connectivity index (χ0) is 15.3. The molecule has 0 spiro atoms. The van der Waals surface area contributed by atoms with Crippen molar-refractivity contribution in [2.24, 2.45) is 0 Å². The minimum Gasteiger partial charge on any atom is -0.493 e. The molecule has 1 aliphatic rings. The van der Waals surface area contributed by atoms with Gasteiger partial charge in [-0.3, -0.25) is 0 Å². The molecule has 1 saturated carbocycles. The molecule has 0 bridgehead atoms. The summed E-state index contributed by atoms with van der Waals surface area (Å²) in [5, 5.41) is 13.4. The fourth-order valence-corrected chi connectivity index (χ4v) is 2.35. The molecule has 2 N–H and O–H groups in total. The number of benzene rings is 1. The molecule has 1 aromatic rings. The lowest BCUT2D eigenvalue weighted by molar-refractivity contribution is -0.0314. The minimum absolute atomic E-state index is 0.479. The van der Waals surface area contributed by atoms with Crippen LogP contribution in [0.3, 0.4) is 0 Å². The second-order valence-corrected chi connectivity index (χ2v) is 5.91. The molecule has 1 aliphatic carbocycles. The molecule has 0 aromatic heterocycles. The van der Waals surface area contributed by atoms with Crippen LogP contribution in [0.1, 0.15) is 31.7 Å². The topological polar surface area (TPSA) is 50.7 Å². The van der Waals surface area contributed by atoms with Crippen molar-refractivity contribution in [3.63, 3.8) is 0 Å². The second kappa shape index (κ2) is 6.96. The standard InChI is InChI=1S/C17H25NO3/c1-13(2)11-21-16-9-14(5-6-15(16)20-3)10-18-12-17(19)7-4-8-17/h5-6,9,18-19H,1,4,7-8,10-12H2,2-3H3. The number of hydrogen-bond donors (Lipinski definition) is 2. The molecule has 0 radical (unpaired) electrons. The quantitative estimate of drug-likeness (QED) is 0.723. The van der Waals surface area contributed by atoms with Crippen LogP contribution in [0.15, 0.2) is 30.4 Å². The number of rotatable bonds is 8. The van der Waals surface area contributed by atoms with Crippen molar-refractivity contribution in [1.29, 1.82) is 0 Å². The lowest BCUT2D eigenvalue weighted by Gasteiger charge is -2.36. The number of methoxy groups -OCH3 is 1. The molecule has 0 amide bonds. The van der Waals surface area contributed by atoms with Crippen LogP contribution in [-0.2, 0) is 6.54 Å². The van der Waals surface area contributed by atoms with Crippen molar-refractivity contribution >= 4 is 0 Å². The van der Waals surface area contributed by atoms with Gasteiger partial charge < -0.3 is 19.9 Å². The van der Waals surface area contributed by atoms with Crippen LogP contribution < -0.4 is 14.8 Å². The van der Waals surface area contributed by atoms with Crippen LogP contribution in [-0.4, -0.2) is 31.0 Å². The maximum absolute atomic E-state index is 10.1. The van der Waals surface area contributed by atoms with Crippen molar-refractivity contribution in [3.05, 3.63) is 35.9 Å². The highest BCUT2D eigenvalue weighted by molar-refractivity contribution is 5.43. The molecule has 1 aromatic carbocycles. The third-order valence-electron chi connectivity index (χ3n) is 3.77. The average Bonchev–Trinajstić information content (AvgIpc) is 2.43. The summed E-state index contributed by atoms with van der Waals surface area (Å²) in [5.41, 5.74) is 1.58. The van der Waals surface area contributed by atoms with Crippen LogP contribution in [0.4, 0.5) is 0 Å². The molecule has 116 valence electrons. The van der Waals surface area contributed by atoms with Crippen LogP contribution in [0, 0.1) is 0 Å². The van der Waals surface area contributed by atoms with Gasteiger partial charge >= 0.3 is 0 Å². The fourth-order valence-electron chi connectivity index (χ4n) is 2.35. The molecule has 1 fully saturated rings. The van der Waals surface area contributed by atoms with Crippen molar-refractivity contribution in [2.45, 2.75) is 38.3 Å². The predicted octanol–water partition coefficient (Wildman–Crippen LogP) is 2.65. The van der Waals surface area contributed by atoms with Gasteiger partial charge in [-0.05, 0) is 49.5 Å². The van der Waals surface area contributed by atoms with Gasteiger partial charge in [0.15, 0.2) is 11.5 Å². The maximum Gasteiger partial charge on any atom is 0.161 e. The van der Waals surface area contributed by atoms with Crippen LogP contribution >= 0.6 is 0 Å². The van der Waals surface area contributed by atoms with Gasteiger partial charge in [0, 0.05) is 13.1 Å². The Morgan fingerprint density at radius 2 is 2.14 bits per heavy atom. The van der Waals surface area contributed by atoms with E-state index >= 15 is 0 Å². The summed E-state index contributed by atoms with van der Waals surface area (Å²) in [6.45, 7) is 7.59. The summed E-state index contributed by atoms with van der Waals surface area (Å²) in [6, 6.07) is 5.88. The van der Waals surface area contributed by atoms with E-state index in [0.717, 1.165) is 41.9 Å². The maximum atomic E-state index is 10.1. The summed E-state index contributed by atoms with van der Waals surface area (Å²) in [7, 11) is 1.63.